The first-order chi connectivity index (χ1) is 10.2. The zero-order valence-electron chi connectivity index (χ0n) is 11.9. The summed E-state index contributed by atoms with van der Waals surface area (Å²) in [5.41, 5.74) is 0. The number of amides is 2. The van der Waals surface area contributed by atoms with Gasteiger partial charge in [-0.15, -0.1) is 11.3 Å². The summed E-state index contributed by atoms with van der Waals surface area (Å²) in [6.45, 7) is 2.30. The number of hydrogen-bond acceptors (Lipinski definition) is 3. The predicted molar refractivity (Wildman–Crippen MR) is 83.8 cm³/mol. The summed E-state index contributed by atoms with van der Waals surface area (Å²) < 4.78 is 0. The molecule has 0 aliphatic carbocycles. The van der Waals surface area contributed by atoms with Gasteiger partial charge < -0.3 is 9.80 Å². The van der Waals surface area contributed by atoms with Crippen molar-refractivity contribution in [3.05, 3.63) is 21.3 Å². The lowest BCUT2D eigenvalue weighted by Crippen LogP contribution is -2.50. The van der Waals surface area contributed by atoms with E-state index in [1.165, 1.54) is 11.3 Å². The second kappa shape index (κ2) is 6.36. The monoisotopic (exact) mass is 326 g/mol. The van der Waals surface area contributed by atoms with Crippen molar-refractivity contribution in [1.82, 2.24) is 9.80 Å². The first-order valence-electron chi connectivity index (χ1n) is 7.48. The molecular formula is C15H19ClN2O2S. The van der Waals surface area contributed by atoms with Crippen molar-refractivity contribution < 1.29 is 9.59 Å². The lowest BCUT2D eigenvalue weighted by molar-refractivity contribution is -0.136. The molecule has 2 fully saturated rings. The molecule has 3 rings (SSSR count). The molecule has 1 aromatic heterocycles. The van der Waals surface area contributed by atoms with Crippen LogP contribution in [0.3, 0.4) is 0 Å². The van der Waals surface area contributed by atoms with E-state index in [4.69, 9.17) is 11.6 Å². The van der Waals surface area contributed by atoms with E-state index in [0.717, 1.165) is 32.2 Å². The number of carbonyl (C=O) groups excluding carboxylic acids is 2. The highest BCUT2D eigenvalue weighted by molar-refractivity contribution is 7.12. The summed E-state index contributed by atoms with van der Waals surface area (Å²) in [6.07, 6.45) is 4.56. The van der Waals surface area contributed by atoms with Crippen molar-refractivity contribution in [3.63, 3.8) is 0 Å². The second-order valence-electron chi connectivity index (χ2n) is 5.67. The molecule has 0 aromatic carbocycles. The van der Waals surface area contributed by atoms with E-state index in [9.17, 15) is 9.59 Å². The Hall–Kier alpha value is -1.07. The van der Waals surface area contributed by atoms with Gasteiger partial charge in [0.15, 0.2) is 0 Å². The molecule has 1 aromatic rings. The molecule has 0 N–H and O–H groups in total. The predicted octanol–water partition coefficient (Wildman–Crippen LogP) is 3.02. The standard InChI is InChI=1S/C15H19ClN2O2S/c16-12-6-10-21-14(12)15(20)17-8-4-11(5-9-17)18-7-2-1-3-13(18)19/h6,10-11H,1-5,7-9H2. The van der Waals surface area contributed by atoms with Crippen molar-refractivity contribution in [3.8, 4) is 0 Å². The van der Waals surface area contributed by atoms with Gasteiger partial charge in [-0.1, -0.05) is 11.6 Å². The van der Waals surface area contributed by atoms with Gasteiger partial charge in [-0.2, -0.15) is 0 Å². The fraction of sp³-hybridized carbons (Fsp3) is 0.600. The van der Waals surface area contributed by atoms with Gasteiger partial charge in [0.2, 0.25) is 5.91 Å². The van der Waals surface area contributed by atoms with Gasteiger partial charge in [0.25, 0.3) is 5.91 Å². The van der Waals surface area contributed by atoms with Crippen LogP contribution in [0.2, 0.25) is 5.02 Å². The number of hydrogen-bond donors (Lipinski definition) is 0. The van der Waals surface area contributed by atoms with E-state index in [0.29, 0.717) is 35.5 Å². The molecule has 0 saturated carbocycles. The van der Waals surface area contributed by atoms with Crippen LogP contribution < -0.4 is 0 Å². The lowest BCUT2D eigenvalue weighted by Gasteiger charge is -2.40. The quantitative estimate of drug-likeness (QED) is 0.838. The van der Waals surface area contributed by atoms with Gasteiger partial charge in [0.05, 0.1) is 5.02 Å². The molecule has 0 spiro atoms. The Morgan fingerprint density at radius 1 is 1.24 bits per heavy atom. The molecule has 0 atom stereocenters. The van der Waals surface area contributed by atoms with Crippen LogP contribution in [0.25, 0.3) is 0 Å². The Bertz CT molecular complexity index is 538. The number of nitrogens with zero attached hydrogens (tertiary/aromatic N) is 2. The topological polar surface area (TPSA) is 40.6 Å². The minimum absolute atomic E-state index is 0.0263. The average Bonchev–Trinajstić information content (AvgIpc) is 2.93. The maximum Gasteiger partial charge on any atom is 0.265 e. The van der Waals surface area contributed by atoms with Crippen LogP contribution >= 0.6 is 22.9 Å². The Morgan fingerprint density at radius 3 is 2.62 bits per heavy atom. The minimum Gasteiger partial charge on any atom is -0.340 e. The molecule has 0 radical (unpaired) electrons. The van der Waals surface area contributed by atoms with E-state index in [1.54, 1.807) is 6.07 Å². The van der Waals surface area contributed by atoms with Crippen LogP contribution in [0, 0.1) is 0 Å². The third-order valence-electron chi connectivity index (χ3n) is 4.36. The average molecular weight is 327 g/mol. The number of piperidine rings is 2. The summed E-state index contributed by atoms with van der Waals surface area (Å²) in [5.74, 6) is 0.311. The number of rotatable bonds is 2. The fourth-order valence-corrected chi connectivity index (χ4v) is 4.29. The van der Waals surface area contributed by atoms with Crippen LogP contribution in [0.5, 0.6) is 0 Å². The molecule has 114 valence electrons. The van der Waals surface area contributed by atoms with Crippen LogP contribution in [0.15, 0.2) is 11.4 Å². The van der Waals surface area contributed by atoms with Crippen LogP contribution in [-0.4, -0.2) is 47.3 Å². The molecule has 6 heteroatoms. The molecule has 0 bridgehead atoms. The summed E-state index contributed by atoms with van der Waals surface area (Å²) in [6, 6.07) is 2.07. The number of thiophene rings is 1. The van der Waals surface area contributed by atoms with E-state index >= 15 is 0 Å². The van der Waals surface area contributed by atoms with Gasteiger partial charge in [-0.25, -0.2) is 0 Å². The first-order valence-corrected chi connectivity index (χ1v) is 8.74. The van der Waals surface area contributed by atoms with Crippen molar-refractivity contribution >= 4 is 34.8 Å². The van der Waals surface area contributed by atoms with Crippen LogP contribution in [-0.2, 0) is 4.79 Å². The van der Waals surface area contributed by atoms with Crippen molar-refractivity contribution in [2.75, 3.05) is 19.6 Å². The molecule has 2 aliphatic heterocycles. The van der Waals surface area contributed by atoms with Gasteiger partial charge in [-0.05, 0) is 37.1 Å². The zero-order chi connectivity index (χ0) is 14.8. The SMILES string of the molecule is O=C(c1sccc1Cl)N1CCC(N2CCCCC2=O)CC1. The maximum atomic E-state index is 12.4. The van der Waals surface area contributed by atoms with Gasteiger partial charge in [-0.3, -0.25) is 9.59 Å². The molecule has 2 saturated heterocycles. The van der Waals surface area contributed by atoms with E-state index < -0.39 is 0 Å². The summed E-state index contributed by atoms with van der Waals surface area (Å²) >= 11 is 7.43. The Balaban J connectivity index is 1.59. The zero-order valence-corrected chi connectivity index (χ0v) is 13.5. The van der Waals surface area contributed by atoms with Crippen LogP contribution in [0.4, 0.5) is 0 Å². The number of carbonyl (C=O) groups is 2. The van der Waals surface area contributed by atoms with E-state index in [1.807, 2.05) is 15.2 Å². The molecule has 4 nitrogen and oxygen atoms in total. The van der Waals surface area contributed by atoms with E-state index in [-0.39, 0.29) is 11.8 Å². The third-order valence-corrected chi connectivity index (χ3v) is 5.69. The molecule has 0 unspecified atom stereocenters. The third kappa shape index (κ3) is 3.09. The van der Waals surface area contributed by atoms with Crippen molar-refractivity contribution in [2.24, 2.45) is 0 Å². The van der Waals surface area contributed by atoms with Gasteiger partial charge in [0.1, 0.15) is 4.88 Å². The molecule has 2 amide bonds. The highest BCUT2D eigenvalue weighted by Crippen LogP contribution is 2.27. The van der Waals surface area contributed by atoms with E-state index in [2.05, 4.69) is 0 Å². The van der Waals surface area contributed by atoms with Gasteiger partial charge in [0, 0.05) is 32.1 Å². The Kier molecular flexibility index (Phi) is 4.50. The summed E-state index contributed by atoms with van der Waals surface area (Å²) in [7, 11) is 0. The summed E-state index contributed by atoms with van der Waals surface area (Å²) in [4.78, 5) is 28.9. The first kappa shape index (κ1) is 14.9. The van der Waals surface area contributed by atoms with Crippen LogP contribution in [0.1, 0.15) is 41.8 Å². The molecule has 2 aliphatic rings. The Labute approximate surface area is 133 Å². The molecule has 21 heavy (non-hydrogen) atoms. The number of halogens is 1. The van der Waals surface area contributed by atoms with Crippen molar-refractivity contribution in [1.29, 1.82) is 0 Å². The second-order valence-corrected chi connectivity index (χ2v) is 6.99. The largest absolute Gasteiger partial charge is 0.340 e. The fourth-order valence-electron chi connectivity index (χ4n) is 3.18. The minimum atomic E-state index is 0.0263. The maximum absolute atomic E-state index is 12.4. The molecular weight excluding hydrogens is 308 g/mol. The van der Waals surface area contributed by atoms with Crippen molar-refractivity contribution in [2.45, 2.75) is 38.1 Å². The highest BCUT2D eigenvalue weighted by atomic mass is 35.5. The highest BCUT2D eigenvalue weighted by Gasteiger charge is 2.31. The summed E-state index contributed by atoms with van der Waals surface area (Å²) in [5, 5.41) is 2.38. The Morgan fingerprint density at radius 2 is 2.00 bits per heavy atom. The molecule has 3 heterocycles. The lowest BCUT2D eigenvalue weighted by atomic mass is 9.99. The smallest absolute Gasteiger partial charge is 0.265 e. The number of likely N-dealkylation sites (tertiary alicyclic amines) is 2. The van der Waals surface area contributed by atoms with Gasteiger partial charge >= 0.3 is 0 Å². The normalized spacial score (nSPS) is 20.9.